The fourth-order valence-corrected chi connectivity index (χ4v) is 1.75. The van der Waals surface area contributed by atoms with E-state index in [2.05, 4.69) is 4.98 Å². The smallest absolute Gasteiger partial charge is 0.305 e. The summed E-state index contributed by atoms with van der Waals surface area (Å²) in [6.07, 6.45) is 4.45. The third-order valence-corrected chi connectivity index (χ3v) is 2.74. The molecule has 0 bridgehead atoms. The molecule has 6 heteroatoms. The van der Waals surface area contributed by atoms with Crippen molar-refractivity contribution >= 4 is 11.9 Å². The zero-order valence-corrected chi connectivity index (χ0v) is 10.7. The van der Waals surface area contributed by atoms with E-state index in [1.165, 1.54) is 23.6 Å². The summed E-state index contributed by atoms with van der Waals surface area (Å²) < 4.78 is 5.20. The Morgan fingerprint density at radius 2 is 2.00 bits per heavy atom. The van der Waals surface area contributed by atoms with Crippen LogP contribution in [-0.2, 0) is 11.3 Å². The SMILES string of the molecule is O=C(O)CCN(Cc1ccco1)C(=O)c1ccncc1. The van der Waals surface area contributed by atoms with Gasteiger partial charge in [-0.05, 0) is 24.3 Å². The van der Waals surface area contributed by atoms with Crippen LogP contribution in [0, 0.1) is 0 Å². The Bertz CT molecular complexity index is 566. The predicted octanol–water partition coefficient (Wildman–Crippen LogP) is 1.79. The lowest BCUT2D eigenvalue weighted by atomic mass is 10.2. The Labute approximate surface area is 115 Å². The molecule has 1 N–H and O–H groups in total. The Hall–Kier alpha value is -2.63. The number of hydrogen-bond acceptors (Lipinski definition) is 4. The number of rotatable bonds is 6. The summed E-state index contributed by atoms with van der Waals surface area (Å²) >= 11 is 0. The Kier molecular flexibility index (Phi) is 4.49. The van der Waals surface area contributed by atoms with Crippen molar-refractivity contribution in [1.29, 1.82) is 0 Å². The van der Waals surface area contributed by atoms with Crippen LogP contribution in [0.4, 0.5) is 0 Å². The van der Waals surface area contributed by atoms with E-state index in [0.29, 0.717) is 11.3 Å². The molecule has 0 aliphatic carbocycles. The summed E-state index contributed by atoms with van der Waals surface area (Å²) in [6, 6.07) is 6.66. The monoisotopic (exact) mass is 274 g/mol. The maximum Gasteiger partial charge on any atom is 0.305 e. The van der Waals surface area contributed by atoms with Crippen LogP contribution < -0.4 is 0 Å². The number of amides is 1. The molecule has 0 spiro atoms. The van der Waals surface area contributed by atoms with E-state index in [9.17, 15) is 9.59 Å². The first-order chi connectivity index (χ1) is 9.66. The molecule has 0 unspecified atom stereocenters. The van der Waals surface area contributed by atoms with Crippen LogP contribution in [0.15, 0.2) is 47.3 Å². The van der Waals surface area contributed by atoms with Crippen LogP contribution in [-0.4, -0.2) is 33.4 Å². The maximum atomic E-state index is 12.3. The second-order valence-electron chi connectivity index (χ2n) is 4.19. The van der Waals surface area contributed by atoms with E-state index in [-0.39, 0.29) is 25.4 Å². The number of nitrogens with zero attached hydrogens (tertiary/aromatic N) is 2. The van der Waals surface area contributed by atoms with Gasteiger partial charge in [-0.25, -0.2) is 0 Å². The van der Waals surface area contributed by atoms with Gasteiger partial charge in [-0.15, -0.1) is 0 Å². The van der Waals surface area contributed by atoms with Crippen molar-refractivity contribution in [2.45, 2.75) is 13.0 Å². The van der Waals surface area contributed by atoms with Crippen molar-refractivity contribution in [3.05, 3.63) is 54.2 Å². The zero-order chi connectivity index (χ0) is 14.4. The molecule has 0 atom stereocenters. The highest BCUT2D eigenvalue weighted by molar-refractivity contribution is 5.94. The summed E-state index contributed by atoms with van der Waals surface area (Å²) in [5.41, 5.74) is 0.469. The molecule has 0 fully saturated rings. The first-order valence-electron chi connectivity index (χ1n) is 6.10. The minimum Gasteiger partial charge on any atom is -0.481 e. The highest BCUT2D eigenvalue weighted by Crippen LogP contribution is 2.10. The van der Waals surface area contributed by atoms with E-state index in [0.717, 1.165) is 0 Å². The first kappa shape index (κ1) is 13.8. The topological polar surface area (TPSA) is 83.6 Å². The molecule has 0 saturated carbocycles. The molecule has 0 saturated heterocycles. The third kappa shape index (κ3) is 3.68. The van der Waals surface area contributed by atoms with Crippen molar-refractivity contribution in [1.82, 2.24) is 9.88 Å². The minimum atomic E-state index is -0.947. The molecule has 1 amide bonds. The summed E-state index contributed by atoms with van der Waals surface area (Å²) in [5.74, 6) is -0.584. The molecule has 2 aromatic rings. The fourth-order valence-electron chi connectivity index (χ4n) is 1.75. The summed E-state index contributed by atoms with van der Waals surface area (Å²) in [7, 11) is 0. The number of hydrogen-bond donors (Lipinski definition) is 1. The van der Waals surface area contributed by atoms with Gasteiger partial charge in [0.1, 0.15) is 5.76 Å². The summed E-state index contributed by atoms with van der Waals surface area (Å²) in [4.78, 5) is 28.3. The maximum absolute atomic E-state index is 12.3. The normalized spacial score (nSPS) is 10.2. The zero-order valence-electron chi connectivity index (χ0n) is 10.7. The van der Waals surface area contributed by atoms with Gasteiger partial charge in [-0.3, -0.25) is 14.6 Å². The number of aliphatic carboxylic acids is 1. The predicted molar refractivity (Wildman–Crippen MR) is 69.9 cm³/mol. The molecule has 0 radical (unpaired) electrons. The number of carbonyl (C=O) groups excluding carboxylic acids is 1. The van der Waals surface area contributed by atoms with Crippen molar-refractivity contribution in [3.8, 4) is 0 Å². The third-order valence-electron chi connectivity index (χ3n) is 2.74. The van der Waals surface area contributed by atoms with Crippen LogP contribution in [0.5, 0.6) is 0 Å². The average molecular weight is 274 g/mol. The summed E-state index contributed by atoms with van der Waals surface area (Å²) in [6.45, 7) is 0.360. The van der Waals surface area contributed by atoms with Gasteiger partial charge in [0, 0.05) is 24.5 Å². The number of aromatic nitrogens is 1. The Morgan fingerprint density at radius 3 is 2.60 bits per heavy atom. The molecule has 2 heterocycles. The van der Waals surface area contributed by atoms with Crippen LogP contribution >= 0.6 is 0 Å². The Balaban J connectivity index is 2.12. The van der Waals surface area contributed by atoms with Gasteiger partial charge in [-0.2, -0.15) is 0 Å². The van der Waals surface area contributed by atoms with Crippen molar-refractivity contribution in [2.75, 3.05) is 6.54 Å². The van der Waals surface area contributed by atoms with Crippen LogP contribution in [0.2, 0.25) is 0 Å². The van der Waals surface area contributed by atoms with Gasteiger partial charge < -0.3 is 14.4 Å². The second-order valence-corrected chi connectivity index (χ2v) is 4.19. The number of carbonyl (C=O) groups is 2. The molecule has 0 aromatic carbocycles. The second kappa shape index (κ2) is 6.51. The molecule has 6 nitrogen and oxygen atoms in total. The van der Waals surface area contributed by atoms with Crippen LogP contribution in [0.3, 0.4) is 0 Å². The number of furan rings is 1. The number of pyridine rings is 1. The lowest BCUT2D eigenvalue weighted by Crippen LogP contribution is -2.32. The highest BCUT2D eigenvalue weighted by atomic mass is 16.4. The lowest BCUT2D eigenvalue weighted by Gasteiger charge is -2.20. The van der Waals surface area contributed by atoms with Gasteiger partial charge >= 0.3 is 5.97 Å². The van der Waals surface area contributed by atoms with E-state index in [4.69, 9.17) is 9.52 Å². The van der Waals surface area contributed by atoms with E-state index in [1.54, 1.807) is 24.3 Å². The van der Waals surface area contributed by atoms with Crippen molar-refractivity contribution in [3.63, 3.8) is 0 Å². The van der Waals surface area contributed by atoms with Gasteiger partial charge in [0.05, 0.1) is 19.2 Å². The molecular weight excluding hydrogens is 260 g/mol. The number of carboxylic acid groups (broad SMARTS) is 1. The van der Waals surface area contributed by atoms with E-state index >= 15 is 0 Å². The van der Waals surface area contributed by atoms with Gasteiger partial charge in [0.25, 0.3) is 5.91 Å². The highest BCUT2D eigenvalue weighted by Gasteiger charge is 2.18. The number of carboxylic acids is 1. The van der Waals surface area contributed by atoms with Crippen molar-refractivity contribution in [2.24, 2.45) is 0 Å². The standard InChI is InChI=1S/C14H14N2O4/c17-13(18)5-8-16(10-12-2-1-9-20-12)14(19)11-3-6-15-7-4-11/h1-4,6-7,9H,5,8,10H2,(H,17,18). The minimum absolute atomic E-state index is 0.114. The van der Waals surface area contributed by atoms with E-state index < -0.39 is 5.97 Å². The molecule has 0 aliphatic rings. The first-order valence-corrected chi connectivity index (χ1v) is 6.10. The van der Waals surface area contributed by atoms with E-state index in [1.807, 2.05) is 0 Å². The molecule has 20 heavy (non-hydrogen) atoms. The lowest BCUT2D eigenvalue weighted by molar-refractivity contribution is -0.137. The van der Waals surface area contributed by atoms with Gasteiger partial charge in [-0.1, -0.05) is 0 Å². The largest absolute Gasteiger partial charge is 0.481 e. The van der Waals surface area contributed by atoms with Crippen LogP contribution in [0.1, 0.15) is 22.5 Å². The van der Waals surface area contributed by atoms with Crippen LogP contribution in [0.25, 0.3) is 0 Å². The van der Waals surface area contributed by atoms with Gasteiger partial charge in [0.2, 0.25) is 0 Å². The molecular formula is C14H14N2O4. The fraction of sp³-hybridized carbons (Fsp3) is 0.214. The average Bonchev–Trinajstić information content (AvgIpc) is 2.96. The molecule has 2 aromatic heterocycles. The molecule has 2 rings (SSSR count). The van der Waals surface area contributed by atoms with Crippen molar-refractivity contribution < 1.29 is 19.1 Å². The molecule has 0 aliphatic heterocycles. The van der Waals surface area contributed by atoms with Gasteiger partial charge in [0.15, 0.2) is 0 Å². The Morgan fingerprint density at radius 1 is 1.25 bits per heavy atom. The quantitative estimate of drug-likeness (QED) is 0.868. The molecule has 104 valence electrons. The summed E-state index contributed by atoms with van der Waals surface area (Å²) in [5, 5.41) is 8.77.